The largest absolute Gasteiger partial charge is 0.495 e. The molecule has 0 unspecified atom stereocenters. The summed E-state index contributed by atoms with van der Waals surface area (Å²) in [5.41, 5.74) is 8.25. The van der Waals surface area contributed by atoms with Crippen molar-refractivity contribution in [1.82, 2.24) is 0 Å². The summed E-state index contributed by atoms with van der Waals surface area (Å²) in [6.07, 6.45) is 0. The molecule has 0 atom stereocenters. The van der Waals surface area contributed by atoms with Crippen molar-refractivity contribution in [3.8, 4) is 5.75 Å². The molecule has 1 aliphatic heterocycles. The lowest BCUT2D eigenvalue weighted by atomic mass is 10.1. The van der Waals surface area contributed by atoms with Gasteiger partial charge in [-0.05, 0) is 24.3 Å². The van der Waals surface area contributed by atoms with Gasteiger partial charge in [0.15, 0.2) is 0 Å². The first-order valence-electron chi connectivity index (χ1n) is 8.27. The average Bonchev–Trinajstić information content (AvgIpc) is 2.63. The van der Waals surface area contributed by atoms with Gasteiger partial charge in [0.05, 0.1) is 39.0 Å². The smallest absolute Gasteiger partial charge is 0.248 e. The molecule has 1 saturated heterocycles. The average molecular weight is 326 g/mol. The third kappa shape index (κ3) is 3.68. The van der Waals surface area contributed by atoms with E-state index in [2.05, 4.69) is 17.0 Å². The van der Waals surface area contributed by atoms with E-state index in [4.69, 9.17) is 10.5 Å². The second-order valence-corrected chi connectivity index (χ2v) is 6.15. The third-order valence-electron chi connectivity index (χ3n) is 4.59. The molecular weight excluding hydrogens is 302 g/mol. The number of benzene rings is 2. The Balaban J connectivity index is 1.58. The van der Waals surface area contributed by atoms with Crippen molar-refractivity contribution in [2.45, 2.75) is 6.54 Å². The van der Waals surface area contributed by atoms with Crippen molar-refractivity contribution in [3.63, 3.8) is 0 Å². The number of hydrogen-bond donors (Lipinski definition) is 2. The Morgan fingerprint density at radius 3 is 2.42 bits per heavy atom. The standard InChI is InChI=1S/C19H23N3O2/c1-24-18-5-3-2-4-17(18)22-12-10-21(11-13-22)14-15-6-8-16(9-7-15)19(20)23/h2-9H,10-14H2,1H3,(H2,20,23)/p+1. The number of carbonyl (C=O) groups excluding carboxylic acids is 1. The zero-order valence-corrected chi connectivity index (χ0v) is 14.0. The highest BCUT2D eigenvalue weighted by atomic mass is 16.5. The Bertz CT molecular complexity index is 692. The molecule has 0 saturated carbocycles. The highest BCUT2D eigenvalue weighted by molar-refractivity contribution is 5.92. The molecule has 1 fully saturated rings. The highest BCUT2D eigenvalue weighted by Crippen LogP contribution is 2.27. The number of nitrogens with one attached hydrogen (secondary N) is 1. The van der Waals surface area contributed by atoms with Crippen LogP contribution in [0.25, 0.3) is 0 Å². The Hall–Kier alpha value is -2.53. The van der Waals surface area contributed by atoms with Gasteiger partial charge in [0, 0.05) is 11.1 Å². The lowest BCUT2D eigenvalue weighted by Gasteiger charge is -2.34. The van der Waals surface area contributed by atoms with Gasteiger partial charge in [-0.25, -0.2) is 0 Å². The van der Waals surface area contributed by atoms with Gasteiger partial charge in [-0.15, -0.1) is 0 Å². The summed E-state index contributed by atoms with van der Waals surface area (Å²) < 4.78 is 5.47. The molecule has 5 nitrogen and oxygen atoms in total. The number of methoxy groups -OCH3 is 1. The molecule has 0 aliphatic carbocycles. The van der Waals surface area contributed by atoms with E-state index in [1.807, 2.05) is 36.4 Å². The molecule has 126 valence electrons. The van der Waals surface area contributed by atoms with E-state index in [9.17, 15) is 4.79 Å². The summed E-state index contributed by atoms with van der Waals surface area (Å²) in [7, 11) is 1.72. The number of rotatable bonds is 5. The zero-order chi connectivity index (χ0) is 16.9. The summed E-state index contributed by atoms with van der Waals surface area (Å²) in [5.74, 6) is 0.558. The van der Waals surface area contributed by atoms with Gasteiger partial charge < -0.3 is 20.3 Å². The summed E-state index contributed by atoms with van der Waals surface area (Å²) >= 11 is 0. The lowest BCUT2D eigenvalue weighted by Crippen LogP contribution is -3.13. The molecule has 2 aromatic carbocycles. The molecule has 0 spiro atoms. The van der Waals surface area contributed by atoms with E-state index in [1.165, 1.54) is 11.3 Å². The number of quaternary nitrogens is 1. The number of nitrogens with zero attached hydrogens (tertiary/aromatic N) is 1. The monoisotopic (exact) mass is 326 g/mol. The predicted molar refractivity (Wildman–Crippen MR) is 94.6 cm³/mol. The van der Waals surface area contributed by atoms with Crippen LogP contribution >= 0.6 is 0 Å². The van der Waals surface area contributed by atoms with Crippen LogP contribution in [0.5, 0.6) is 5.75 Å². The van der Waals surface area contributed by atoms with Crippen molar-refractivity contribution in [2.75, 3.05) is 38.2 Å². The Morgan fingerprint density at radius 1 is 1.12 bits per heavy atom. The number of para-hydroxylation sites is 2. The van der Waals surface area contributed by atoms with Gasteiger partial charge in [-0.3, -0.25) is 4.79 Å². The first-order chi connectivity index (χ1) is 11.7. The van der Waals surface area contributed by atoms with Crippen LogP contribution in [0.4, 0.5) is 5.69 Å². The van der Waals surface area contributed by atoms with Crippen molar-refractivity contribution >= 4 is 11.6 Å². The molecule has 5 heteroatoms. The van der Waals surface area contributed by atoms with Gasteiger partial charge in [0.25, 0.3) is 0 Å². The normalized spacial score (nSPS) is 15.3. The van der Waals surface area contributed by atoms with Crippen LogP contribution in [-0.2, 0) is 6.54 Å². The minimum Gasteiger partial charge on any atom is -0.495 e. The Morgan fingerprint density at radius 2 is 1.79 bits per heavy atom. The van der Waals surface area contributed by atoms with Crippen LogP contribution in [0.1, 0.15) is 15.9 Å². The topological polar surface area (TPSA) is 60.0 Å². The first kappa shape index (κ1) is 16.3. The van der Waals surface area contributed by atoms with E-state index in [1.54, 1.807) is 12.0 Å². The van der Waals surface area contributed by atoms with E-state index >= 15 is 0 Å². The maximum atomic E-state index is 11.1. The molecule has 3 rings (SSSR count). The maximum absolute atomic E-state index is 11.1. The summed E-state index contributed by atoms with van der Waals surface area (Å²) in [6, 6.07) is 15.8. The third-order valence-corrected chi connectivity index (χ3v) is 4.59. The molecule has 1 amide bonds. The quantitative estimate of drug-likeness (QED) is 0.850. The summed E-state index contributed by atoms with van der Waals surface area (Å²) in [4.78, 5) is 15.1. The van der Waals surface area contributed by atoms with Gasteiger partial charge >= 0.3 is 0 Å². The van der Waals surface area contributed by atoms with Crippen LogP contribution < -0.4 is 20.3 Å². The Labute approximate surface area is 142 Å². The summed E-state index contributed by atoms with van der Waals surface area (Å²) in [6.45, 7) is 5.15. The second kappa shape index (κ2) is 7.36. The zero-order valence-electron chi connectivity index (χ0n) is 14.0. The molecule has 1 heterocycles. The van der Waals surface area contributed by atoms with E-state index < -0.39 is 0 Å². The first-order valence-corrected chi connectivity index (χ1v) is 8.27. The predicted octanol–water partition coefficient (Wildman–Crippen LogP) is 0.699. The van der Waals surface area contributed by atoms with Gasteiger partial charge in [-0.1, -0.05) is 24.3 Å². The minimum absolute atomic E-state index is 0.376. The molecular formula is C19H24N3O2+. The molecule has 24 heavy (non-hydrogen) atoms. The number of anilines is 1. The molecule has 0 bridgehead atoms. The van der Waals surface area contributed by atoms with Crippen LogP contribution in [0.2, 0.25) is 0 Å². The molecule has 0 radical (unpaired) electrons. The fraction of sp³-hybridized carbons (Fsp3) is 0.316. The van der Waals surface area contributed by atoms with Gasteiger partial charge in [0.1, 0.15) is 12.3 Å². The van der Waals surface area contributed by atoms with Crippen LogP contribution in [-0.4, -0.2) is 39.2 Å². The van der Waals surface area contributed by atoms with Crippen LogP contribution in [0.3, 0.4) is 0 Å². The lowest BCUT2D eigenvalue weighted by molar-refractivity contribution is -0.914. The maximum Gasteiger partial charge on any atom is 0.248 e. The number of carbonyl (C=O) groups is 1. The van der Waals surface area contributed by atoms with E-state index in [0.29, 0.717) is 5.56 Å². The second-order valence-electron chi connectivity index (χ2n) is 6.15. The van der Waals surface area contributed by atoms with Gasteiger partial charge in [-0.2, -0.15) is 0 Å². The van der Waals surface area contributed by atoms with Crippen molar-refractivity contribution < 1.29 is 14.4 Å². The minimum atomic E-state index is -0.376. The highest BCUT2D eigenvalue weighted by Gasteiger charge is 2.22. The molecule has 2 aromatic rings. The Kier molecular flexibility index (Phi) is 5.01. The van der Waals surface area contributed by atoms with E-state index in [0.717, 1.165) is 38.5 Å². The number of nitrogens with two attached hydrogens (primary N) is 1. The fourth-order valence-electron chi connectivity index (χ4n) is 3.21. The molecule has 3 N–H and O–H groups in total. The number of amides is 1. The van der Waals surface area contributed by atoms with Crippen molar-refractivity contribution in [1.29, 1.82) is 0 Å². The molecule has 0 aromatic heterocycles. The van der Waals surface area contributed by atoms with Crippen LogP contribution in [0, 0.1) is 0 Å². The van der Waals surface area contributed by atoms with Crippen molar-refractivity contribution in [2.24, 2.45) is 5.73 Å². The summed E-state index contributed by atoms with van der Waals surface area (Å²) in [5, 5.41) is 0. The van der Waals surface area contributed by atoms with E-state index in [-0.39, 0.29) is 5.91 Å². The molecule has 1 aliphatic rings. The van der Waals surface area contributed by atoms with Gasteiger partial charge in [0.2, 0.25) is 5.91 Å². The van der Waals surface area contributed by atoms with Crippen LogP contribution in [0.15, 0.2) is 48.5 Å². The SMILES string of the molecule is COc1ccccc1N1CC[NH+](Cc2ccc(C(N)=O)cc2)CC1. The fourth-order valence-corrected chi connectivity index (χ4v) is 3.21. The number of hydrogen-bond acceptors (Lipinski definition) is 3. The number of ether oxygens (including phenoxy) is 1. The van der Waals surface area contributed by atoms with Crippen molar-refractivity contribution in [3.05, 3.63) is 59.7 Å². The number of piperazine rings is 1. The number of primary amides is 1.